The van der Waals surface area contributed by atoms with E-state index in [1.165, 1.54) is 0 Å². The van der Waals surface area contributed by atoms with E-state index in [1.807, 2.05) is 12.4 Å². The SMILES string of the molecule is CCNCc1cnc(N2CCOCC2CC)cn1. The molecule has 0 radical (unpaired) electrons. The molecule has 1 aliphatic rings. The Labute approximate surface area is 109 Å². The molecule has 18 heavy (non-hydrogen) atoms. The monoisotopic (exact) mass is 250 g/mol. The first-order chi connectivity index (χ1) is 8.85. The van der Waals surface area contributed by atoms with Crippen LogP contribution in [0.25, 0.3) is 0 Å². The third kappa shape index (κ3) is 3.17. The van der Waals surface area contributed by atoms with Crippen molar-refractivity contribution in [2.45, 2.75) is 32.9 Å². The van der Waals surface area contributed by atoms with Gasteiger partial charge in [-0.2, -0.15) is 0 Å². The maximum Gasteiger partial charge on any atom is 0.147 e. The fraction of sp³-hybridized carbons (Fsp3) is 0.692. The van der Waals surface area contributed by atoms with Gasteiger partial charge in [-0.3, -0.25) is 4.98 Å². The molecular formula is C13H22N4O. The third-order valence-corrected chi connectivity index (χ3v) is 3.24. The Kier molecular flexibility index (Phi) is 4.90. The van der Waals surface area contributed by atoms with Crippen molar-refractivity contribution >= 4 is 5.82 Å². The number of anilines is 1. The second-order valence-electron chi connectivity index (χ2n) is 4.48. The zero-order chi connectivity index (χ0) is 12.8. The molecule has 2 rings (SSSR count). The molecule has 1 saturated heterocycles. The van der Waals surface area contributed by atoms with Gasteiger partial charge in [0.1, 0.15) is 5.82 Å². The van der Waals surface area contributed by atoms with E-state index in [1.54, 1.807) is 0 Å². The van der Waals surface area contributed by atoms with Crippen molar-refractivity contribution in [3.8, 4) is 0 Å². The van der Waals surface area contributed by atoms with Crippen LogP contribution in [0.5, 0.6) is 0 Å². The second-order valence-corrected chi connectivity index (χ2v) is 4.48. The Hall–Kier alpha value is -1.20. The summed E-state index contributed by atoms with van der Waals surface area (Å²) in [7, 11) is 0. The molecule has 1 N–H and O–H groups in total. The Morgan fingerprint density at radius 1 is 1.39 bits per heavy atom. The van der Waals surface area contributed by atoms with Gasteiger partial charge in [0.05, 0.1) is 37.3 Å². The maximum absolute atomic E-state index is 5.50. The molecule has 0 aliphatic carbocycles. The van der Waals surface area contributed by atoms with Crippen molar-refractivity contribution in [3.05, 3.63) is 18.1 Å². The van der Waals surface area contributed by atoms with Crippen molar-refractivity contribution < 1.29 is 4.74 Å². The molecule has 1 aromatic rings. The van der Waals surface area contributed by atoms with Crippen LogP contribution in [0, 0.1) is 0 Å². The van der Waals surface area contributed by atoms with Gasteiger partial charge in [-0.15, -0.1) is 0 Å². The summed E-state index contributed by atoms with van der Waals surface area (Å²) in [4.78, 5) is 11.3. The van der Waals surface area contributed by atoms with Crippen molar-refractivity contribution in [2.75, 3.05) is 31.2 Å². The highest BCUT2D eigenvalue weighted by Crippen LogP contribution is 2.18. The van der Waals surface area contributed by atoms with E-state index >= 15 is 0 Å². The van der Waals surface area contributed by atoms with Crippen LogP contribution >= 0.6 is 0 Å². The summed E-state index contributed by atoms with van der Waals surface area (Å²) in [6.07, 6.45) is 4.81. The summed E-state index contributed by atoms with van der Waals surface area (Å²) < 4.78 is 5.50. The fourth-order valence-electron chi connectivity index (χ4n) is 2.14. The van der Waals surface area contributed by atoms with Crippen LogP contribution in [0.3, 0.4) is 0 Å². The molecule has 0 aromatic carbocycles. The van der Waals surface area contributed by atoms with Gasteiger partial charge in [-0.25, -0.2) is 4.98 Å². The molecule has 0 amide bonds. The minimum Gasteiger partial charge on any atom is -0.377 e. The Bertz CT molecular complexity index is 355. The zero-order valence-electron chi connectivity index (χ0n) is 11.2. The summed E-state index contributed by atoms with van der Waals surface area (Å²) in [6.45, 7) is 8.46. The standard InChI is InChI=1S/C13H22N4O/c1-3-12-10-18-6-5-17(12)13-9-15-11(8-16-13)7-14-4-2/h8-9,12,14H,3-7,10H2,1-2H3. The molecule has 2 heterocycles. The molecule has 0 saturated carbocycles. The van der Waals surface area contributed by atoms with Gasteiger partial charge >= 0.3 is 0 Å². The first kappa shape index (κ1) is 13.2. The molecular weight excluding hydrogens is 228 g/mol. The molecule has 5 nitrogen and oxygen atoms in total. The smallest absolute Gasteiger partial charge is 0.147 e. The predicted molar refractivity (Wildman–Crippen MR) is 71.7 cm³/mol. The van der Waals surface area contributed by atoms with Crippen molar-refractivity contribution in [2.24, 2.45) is 0 Å². The summed E-state index contributed by atoms with van der Waals surface area (Å²) in [5.74, 6) is 0.963. The normalized spacial score (nSPS) is 20.1. The van der Waals surface area contributed by atoms with Crippen molar-refractivity contribution in [1.29, 1.82) is 0 Å². The highest BCUT2D eigenvalue weighted by atomic mass is 16.5. The van der Waals surface area contributed by atoms with E-state index in [0.29, 0.717) is 6.04 Å². The molecule has 1 fully saturated rings. The number of rotatable bonds is 5. The number of hydrogen-bond acceptors (Lipinski definition) is 5. The van der Waals surface area contributed by atoms with Crippen LogP contribution in [0.1, 0.15) is 26.0 Å². The Balaban J connectivity index is 2.03. The molecule has 1 aromatic heterocycles. The lowest BCUT2D eigenvalue weighted by molar-refractivity contribution is 0.0925. The highest BCUT2D eigenvalue weighted by Gasteiger charge is 2.22. The van der Waals surface area contributed by atoms with E-state index in [-0.39, 0.29) is 0 Å². The predicted octanol–water partition coefficient (Wildman–Crippen LogP) is 1.20. The fourth-order valence-corrected chi connectivity index (χ4v) is 2.14. The maximum atomic E-state index is 5.50. The number of nitrogens with zero attached hydrogens (tertiary/aromatic N) is 3. The van der Waals surface area contributed by atoms with Gasteiger partial charge < -0.3 is 15.0 Å². The number of hydrogen-bond donors (Lipinski definition) is 1. The zero-order valence-corrected chi connectivity index (χ0v) is 11.2. The third-order valence-electron chi connectivity index (χ3n) is 3.24. The minimum absolute atomic E-state index is 0.424. The highest BCUT2D eigenvalue weighted by molar-refractivity contribution is 5.38. The van der Waals surface area contributed by atoms with E-state index in [9.17, 15) is 0 Å². The topological polar surface area (TPSA) is 50.3 Å². The number of ether oxygens (including phenoxy) is 1. The van der Waals surface area contributed by atoms with E-state index < -0.39 is 0 Å². The first-order valence-electron chi connectivity index (χ1n) is 6.71. The average Bonchev–Trinajstić information content (AvgIpc) is 2.45. The molecule has 5 heteroatoms. The summed E-state index contributed by atoms with van der Waals surface area (Å²) in [6, 6.07) is 0.424. The van der Waals surface area contributed by atoms with E-state index in [4.69, 9.17) is 4.74 Å². The average molecular weight is 250 g/mol. The van der Waals surface area contributed by atoms with E-state index in [0.717, 1.165) is 50.8 Å². The van der Waals surface area contributed by atoms with Crippen LogP contribution in [0.2, 0.25) is 0 Å². The van der Waals surface area contributed by atoms with Gasteiger partial charge in [-0.1, -0.05) is 13.8 Å². The summed E-state index contributed by atoms with van der Waals surface area (Å²) in [5.41, 5.74) is 0.988. The molecule has 1 atom stereocenters. The van der Waals surface area contributed by atoms with Crippen LogP contribution < -0.4 is 10.2 Å². The number of morpholine rings is 1. The molecule has 1 aliphatic heterocycles. The first-order valence-corrected chi connectivity index (χ1v) is 6.71. The van der Waals surface area contributed by atoms with Gasteiger partial charge in [0.2, 0.25) is 0 Å². The lowest BCUT2D eigenvalue weighted by Crippen LogP contribution is -2.45. The summed E-state index contributed by atoms with van der Waals surface area (Å²) >= 11 is 0. The van der Waals surface area contributed by atoms with Crippen molar-refractivity contribution in [1.82, 2.24) is 15.3 Å². The Morgan fingerprint density at radius 2 is 2.28 bits per heavy atom. The number of nitrogens with one attached hydrogen (secondary N) is 1. The van der Waals surface area contributed by atoms with Crippen LogP contribution in [0.4, 0.5) is 5.82 Å². The summed E-state index contributed by atoms with van der Waals surface area (Å²) in [5, 5.41) is 3.25. The second kappa shape index (κ2) is 6.66. The van der Waals surface area contributed by atoms with Crippen molar-refractivity contribution in [3.63, 3.8) is 0 Å². The van der Waals surface area contributed by atoms with E-state index in [2.05, 4.69) is 34.0 Å². The molecule has 0 bridgehead atoms. The quantitative estimate of drug-likeness (QED) is 0.851. The molecule has 100 valence electrons. The largest absolute Gasteiger partial charge is 0.377 e. The van der Waals surface area contributed by atoms with Gasteiger partial charge in [-0.05, 0) is 13.0 Å². The molecule has 1 unspecified atom stereocenters. The Morgan fingerprint density at radius 3 is 2.94 bits per heavy atom. The van der Waals surface area contributed by atoms with Gasteiger partial charge in [0, 0.05) is 13.1 Å². The van der Waals surface area contributed by atoms with Gasteiger partial charge in [0.15, 0.2) is 0 Å². The lowest BCUT2D eigenvalue weighted by atomic mass is 10.2. The van der Waals surface area contributed by atoms with Gasteiger partial charge in [0.25, 0.3) is 0 Å². The minimum atomic E-state index is 0.424. The number of aromatic nitrogens is 2. The lowest BCUT2D eigenvalue weighted by Gasteiger charge is -2.35. The van der Waals surface area contributed by atoms with Crippen LogP contribution in [0.15, 0.2) is 12.4 Å². The van der Waals surface area contributed by atoms with Crippen LogP contribution in [-0.4, -0.2) is 42.3 Å². The van der Waals surface area contributed by atoms with Crippen LogP contribution in [-0.2, 0) is 11.3 Å². The molecule has 0 spiro atoms.